The number of aromatic amines is 1. The highest BCUT2D eigenvalue weighted by molar-refractivity contribution is 6.31. The summed E-state index contributed by atoms with van der Waals surface area (Å²) in [6.07, 6.45) is 10.2. The summed E-state index contributed by atoms with van der Waals surface area (Å²) in [6, 6.07) is 28.2. The van der Waals surface area contributed by atoms with Crippen molar-refractivity contribution in [1.82, 2.24) is 19.8 Å². The minimum atomic E-state index is -0.265. The van der Waals surface area contributed by atoms with Gasteiger partial charge in [-0.05, 0) is 86.0 Å². The lowest BCUT2D eigenvalue weighted by Crippen LogP contribution is -2.51. The molecule has 3 aromatic carbocycles. The molecule has 2 fully saturated rings. The number of aromatic nitrogens is 2. The third kappa shape index (κ3) is 7.49. The van der Waals surface area contributed by atoms with Crippen LogP contribution in [0.3, 0.4) is 0 Å². The van der Waals surface area contributed by atoms with Crippen molar-refractivity contribution in [2.24, 2.45) is 0 Å². The fourth-order valence-electron chi connectivity index (χ4n) is 7.94. The Balaban J connectivity index is 1.29. The number of nitrogens with zero attached hydrogens (tertiary/aromatic N) is 4. The maximum absolute atomic E-state index is 14.7. The molecule has 268 valence electrons. The van der Waals surface area contributed by atoms with Crippen molar-refractivity contribution in [3.63, 3.8) is 0 Å². The van der Waals surface area contributed by atoms with E-state index in [4.69, 9.17) is 28.2 Å². The SMILES string of the molecule is C=CN(/C(=C(\C)c1ccccc1)c1c(C(=O)Nc2cccnc2N2CCN(C3CCCCC3)CC2)[nH]c2cc(Cl)ccc12)C(C)c1ccc(Cl)cc1. The quantitative estimate of drug-likeness (QED) is 0.150. The van der Waals surface area contributed by atoms with Gasteiger partial charge in [-0.25, -0.2) is 4.98 Å². The molecule has 9 heteroatoms. The summed E-state index contributed by atoms with van der Waals surface area (Å²) in [5.74, 6) is 0.527. The van der Waals surface area contributed by atoms with Gasteiger partial charge in [0.05, 0.1) is 17.4 Å². The number of piperazine rings is 1. The molecule has 0 radical (unpaired) electrons. The largest absolute Gasteiger partial charge is 0.352 e. The number of halogens is 2. The fourth-order valence-corrected chi connectivity index (χ4v) is 8.24. The molecule has 0 bridgehead atoms. The Morgan fingerprint density at radius 3 is 2.37 bits per heavy atom. The van der Waals surface area contributed by atoms with E-state index in [0.29, 0.717) is 27.5 Å². The number of H-pyrrole nitrogens is 1. The highest BCUT2D eigenvalue weighted by atomic mass is 35.5. The van der Waals surface area contributed by atoms with Crippen LogP contribution >= 0.6 is 23.2 Å². The van der Waals surface area contributed by atoms with Gasteiger partial charge in [0, 0.05) is 64.9 Å². The first-order valence-electron chi connectivity index (χ1n) is 18.3. The summed E-state index contributed by atoms with van der Waals surface area (Å²) in [5.41, 5.74) is 6.56. The van der Waals surface area contributed by atoms with Gasteiger partial charge in [0.15, 0.2) is 5.82 Å². The monoisotopic (exact) mass is 732 g/mol. The van der Waals surface area contributed by atoms with Crippen molar-refractivity contribution < 1.29 is 4.79 Å². The van der Waals surface area contributed by atoms with E-state index in [-0.39, 0.29) is 11.9 Å². The van der Waals surface area contributed by atoms with E-state index in [9.17, 15) is 4.79 Å². The molecule has 5 aromatic rings. The Labute approximate surface area is 316 Å². The van der Waals surface area contributed by atoms with Crippen molar-refractivity contribution in [3.8, 4) is 0 Å². The van der Waals surface area contributed by atoms with Gasteiger partial charge in [-0.3, -0.25) is 9.69 Å². The van der Waals surface area contributed by atoms with Gasteiger partial charge in [-0.1, -0.05) is 97.6 Å². The number of amides is 1. The lowest BCUT2D eigenvalue weighted by Gasteiger charge is -2.41. The van der Waals surface area contributed by atoms with Crippen molar-refractivity contribution in [3.05, 3.63) is 136 Å². The van der Waals surface area contributed by atoms with Crippen molar-refractivity contribution in [2.75, 3.05) is 36.4 Å². The number of fused-ring (bicyclic) bond motifs is 1. The smallest absolute Gasteiger partial charge is 0.272 e. The molecule has 1 atom stereocenters. The number of nitrogens with one attached hydrogen (secondary N) is 2. The number of benzene rings is 3. The first kappa shape index (κ1) is 35.8. The topological polar surface area (TPSA) is 67.5 Å². The van der Waals surface area contributed by atoms with E-state index in [1.807, 2.05) is 79.0 Å². The summed E-state index contributed by atoms with van der Waals surface area (Å²) in [5, 5.41) is 5.40. The predicted octanol–water partition coefficient (Wildman–Crippen LogP) is 10.7. The zero-order valence-corrected chi connectivity index (χ0v) is 31.4. The Morgan fingerprint density at radius 1 is 0.942 bits per heavy atom. The number of allylic oxidation sites excluding steroid dienone is 1. The molecule has 1 aliphatic carbocycles. The van der Waals surface area contributed by atoms with Crippen LogP contribution in [0, 0.1) is 0 Å². The average Bonchev–Trinajstić information content (AvgIpc) is 3.56. The van der Waals surface area contributed by atoms with Crippen LogP contribution in [0.4, 0.5) is 11.5 Å². The number of hydrogen-bond acceptors (Lipinski definition) is 5. The molecule has 1 amide bonds. The molecule has 1 aliphatic heterocycles. The molecular formula is C43H46Cl2N6O. The Hall–Kier alpha value is -4.56. The normalized spacial score (nSPS) is 16.7. The number of pyridine rings is 1. The molecule has 0 spiro atoms. The van der Waals surface area contributed by atoms with Gasteiger partial charge in [-0.15, -0.1) is 0 Å². The third-order valence-corrected chi connectivity index (χ3v) is 11.2. The molecular weight excluding hydrogens is 687 g/mol. The van der Waals surface area contributed by atoms with Crippen molar-refractivity contribution in [1.29, 1.82) is 0 Å². The van der Waals surface area contributed by atoms with E-state index in [0.717, 1.165) is 70.9 Å². The van der Waals surface area contributed by atoms with Crippen LogP contribution in [0.2, 0.25) is 10.0 Å². The maximum Gasteiger partial charge on any atom is 0.272 e. The summed E-state index contributed by atoms with van der Waals surface area (Å²) in [6.45, 7) is 12.2. The highest BCUT2D eigenvalue weighted by Crippen LogP contribution is 2.41. The predicted molar refractivity (Wildman–Crippen MR) is 217 cm³/mol. The minimum Gasteiger partial charge on any atom is -0.352 e. The molecule has 7 nitrogen and oxygen atoms in total. The first-order chi connectivity index (χ1) is 25.3. The number of carbonyl (C=O) groups is 1. The zero-order valence-electron chi connectivity index (χ0n) is 29.9. The maximum atomic E-state index is 14.7. The minimum absolute atomic E-state index is 0.145. The zero-order chi connectivity index (χ0) is 36.2. The van der Waals surface area contributed by atoms with Crippen LogP contribution < -0.4 is 10.2 Å². The number of hydrogen-bond donors (Lipinski definition) is 2. The van der Waals surface area contributed by atoms with Crippen LogP contribution in [-0.4, -0.2) is 57.9 Å². The Kier molecular flexibility index (Phi) is 11.0. The van der Waals surface area contributed by atoms with Gasteiger partial charge in [0.2, 0.25) is 0 Å². The number of carbonyl (C=O) groups excluding carboxylic acids is 1. The lowest BCUT2D eigenvalue weighted by atomic mass is 9.94. The molecule has 2 aromatic heterocycles. The number of anilines is 2. The average molecular weight is 734 g/mol. The number of rotatable bonds is 10. The second-order valence-electron chi connectivity index (χ2n) is 13.9. The summed E-state index contributed by atoms with van der Waals surface area (Å²) < 4.78 is 0. The van der Waals surface area contributed by atoms with Gasteiger partial charge in [0.25, 0.3) is 5.91 Å². The summed E-state index contributed by atoms with van der Waals surface area (Å²) in [4.78, 5) is 30.1. The molecule has 3 heterocycles. The van der Waals surface area contributed by atoms with Crippen LogP contribution in [-0.2, 0) is 0 Å². The third-order valence-electron chi connectivity index (χ3n) is 10.8. The molecule has 1 unspecified atom stereocenters. The van der Waals surface area contributed by atoms with Gasteiger partial charge >= 0.3 is 0 Å². The van der Waals surface area contributed by atoms with E-state index in [1.54, 1.807) is 6.20 Å². The second kappa shape index (κ2) is 16.0. The van der Waals surface area contributed by atoms with Gasteiger partial charge < -0.3 is 20.1 Å². The Bertz CT molecular complexity index is 2060. The second-order valence-corrected chi connectivity index (χ2v) is 14.7. The molecule has 2 aliphatic rings. The molecule has 1 saturated carbocycles. The van der Waals surface area contributed by atoms with E-state index >= 15 is 0 Å². The van der Waals surface area contributed by atoms with Crippen molar-refractivity contribution >= 4 is 62.8 Å². The standard InChI is InChI=1S/C43H46Cl2N6O/c1-4-51(30(3)32-17-19-33(44)20-18-32)41(29(2)31-12-7-5-8-13-31)39-36-22-21-34(45)28-38(36)47-40(39)43(52)48-37-16-11-23-46-42(37)50-26-24-49(25-27-50)35-14-9-6-10-15-35/h4-5,7-8,11-13,16-23,28,30,35,47H,1,6,9-10,14-15,24-27H2,2-3H3,(H,48,52)/b41-29+. The van der Waals surface area contributed by atoms with Gasteiger partial charge in [-0.2, -0.15) is 0 Å². The summed E-state index contributed by atoms with van der Waals surface area (Å²) in [7, 11) is 0. The molecule has 2 N–H and O–H groups in total. The Morgan fingerprint density at radius 2 is 1.65 bits per heavy atom. The molecule has 52 heavy (non-hydrogen) atoms. The van der Waals surface area contributed by atoms with E-state index in [2.05, 4.69) is 57.6 Å². The lowest BCUT2D eigenvalue weighted by molar-refractivity contribution is 0.102. The van der Waals surface area contributed by atoms with Crippen LogP contribution in [0.5, 0.6) is 0 Å². The van der Waals surface area contributed by atoms with Crippen LogP contribution in [0.25, 0.3) is 22.2 Å². The summed E-state index contributed by atoms with van der Waals surface area (Å²) >= 11 is 12.8. The van der Waals surface area contributed by atoms with E-state index < -0.39 is 0 Å². The van der Waals surface area contributed by atoms with Gasteiger partial charge in [0.1, 0.15) is 5.69 Å². The van der Waals surface area contributed by atoms with E-state index in [1.165, 1.54) is 32.1 Å². The fraction of sp³-hybridized carbons (Fsp3) is 0.302. The molecule has 1 saturated heterocycles. The van der Waals surface area contributed by atoms with Crippen molar-refractivity contribution in [2.45, 2.75) is 58.0 Å². The highest BCUT2D eigenvalue weighted by Gasteiger charge is 2.30. The first-order valence-corrected chi connectivity index (χ1v) is 19.1. The van der Waals surface area contributed by atoms with Crippen LogP contribution in [0.15, 0.2) is 104 Å². The molecule has 7 rings (SSSR count). The van der Waals surface area contributed by atoms with Crippen LogP contribution in [0.1, 0.15) is 79.2 Å².